The monoisotopic (exact) mass is 182 g/mol. The summed E-state index contributed by atoms with van der Waals surface area (Å²) in [6.45, 7) is 1.89. The zero-order valence-electron chi connectivity index (χ0n) is 7.94. The van der Waals surface area contributed by atoms with Gasteiger partial charge < -0.3 is 0 Å². The summed E-state index contributed by atoms with van der Waals surface area (Å²) in [4.78, 5) is 4.13. The third-order valence-electron chi connectivity index (χ3n) is 2.36. The first-order chi connectivity index (χ1) is 6.83. The fourth-order valence-corrected chi connectivity index (χ4v) is 1.55. The van der Waals surface area contributed by atoms with Crippen LogP contribution in [0.1, 0.15) is 18.4 Å². The lowest BCUT2D eigenvalue weighted by molar-refractivity contribution is 0.981. The summed E-state index contributed by atoms with van der Waals surface area (Å²) in [6.07, 6.45) is 3.60. The number of nitrogens with zero attached hydrogens (tertiary/aromatic N) is 2. The number of pyridine rings is 1. The van der Waals surface area contributed by atoms with Gasteiger partial charge in [0.1, 0.15) is 0 Å². The topological polar surface area (TPSA) is 36.7 Å². The van der Waals surface area contributed by atoms with Crippen molar-refractivity contribution < 1.29 is 0 Å². The summed E-state index contributed by atoms with van der Waals surface area (Å²) in [5.74, 6) is -0.103. The highest BCUT2D eigenvalue weighted by Gasteiger charge is 2.07. The molecule has 68 valence electrons. The van der Waals surface area contributed by atoms with E-state index in [1.165, 1.54) is 0 Å². The van der Waals surface area contributed by atoms with Crippen molar-refractivity contribution in [2.45, 2.75) is 12.8 Å². The first kappa shape index (κ1) is 8.71. The van der Waals surface area contributed by atoms with E-state index >= 15 is 0 Å². The lowest BCUT2D eigenvalue weighted by Crippen LogP contribution is -1.92. The molecule has 0 N–H and O–H groups in total. The predicted molar refractivity (Wildman–Crippen MR) is 55.8 cm³/mol. The Bertz CT molecular complexity index is 492. The Hall–Kier alpha value is -1.88. The smallest absolute Gasteiger partial charge is 0.0705 e. The normalized spacial score (nSPS) is 12.3. The molecule has 14 heavy (non-hydrogen) atoms. The Morgan fingerprint density at radius 2 is 2.07 bits per heavy atom. The minimum absolute atomic E-state index is 0.103. The minimum Gasteiger partial charge on any atom is -0.264 e. The molecule has 2 nitrogen and oxygen atoms in total. The van der Waals surface area contributed by atoms with Gasteiger partial charge in [0.25, 0.3) is 0 Å². The maximum absolute atomic E-state index is 8.87. The van der Waals surface area contributed by atoms with Gasteiger partial charge >= 0.3 is 0 Å². The van der Waals surface area contributed by atoms with Gasteiger partial charge in [0, 0.05) is 17.8 Å². The molecule has 0 aliphatic carbocycles. The zero-order chi connectivity index (χ0) is 9.97. The molecule has 0 aliphatic rings. The van der Waals surface area contributed by atoms with Crippen LogP contribution in [0.5, 0.6) is 0 Å². The summed E-state index contributed by atoms with van der Waals surface area (Å²) in [6, 6.07) is 10.2. The molecule has 0 radical (unpaired) electrons. The summed E-state index contributed by atoms with van der Waals surface area (Å²) in [5, 5.41) is 11.1. The van der Waals surface area contributed by atoms with Gasteiger partial charge in [-0.25, -0.2) is 0 Å². The van der Waals surface area contributed by atoms with Gasteiger partial charge in [-0.1, -0.05) is 24.3 Å². The summed E-state index contributed by atoms with van der Waals surface area (Å²) in [5.41, 5.74) is 1.01. The Labute approximate surface area is 82.8 Å². The highest BCUT2D eigenvalue weighted by Crippen LogP contribution is 2.23. The molecule has 1 aromatic heterocycles. The summed E-state index contributed by atoms with van der Waals surface area (Å²) in [7, 11) is 0. The molecule has 0 bridgehead atoms. The lowest BCUT2D eigenvalue weighted by Gasteiger charge is -2.06. The van der Waals surface area contributed by atoms with E-state index in [0.717, 1.165) is 16.3 Å². The van der Waals surface area contributed by atoms with E-state index in [-0.39, 0.29) is 5.92 Å². The predicted octanol–water partition coefficient (Wildman–Crippen LogP) is 2.86. The van der Waals surface area contributed by atoms with Crippen LogP contribution in [-0.2, 0) is 0 Å². The number of hydrogen-bond donors (Lipinski definition) is 0. The van der Waals surface area contributed by atoms with Crippen molar-refractivity contribution in [1.82, 2.24) is 4.98 Å². The molecule has 0 saturated carbocycles. The second kappa shape index (κ2) is 3.47. The van der Waals surface area contributed by atoms with Gasteiger partial charge in [0.2, 0.25) is 0 Å². The van der Waals surface area contributed by atoms with Crippen LogP contribution in [-0.4, -0.2) is 4.98 Å². The van der Waals surface area contributed by atoms with Crippen LogP contribution in [0.15, 0.2) is 36.7 Å². The minimum atomic E-state index is -0.103. The van der Waals surface area contributed by atoms with E-state index in [2.05, 4.69) is 11.1 Å². The number of rotatable bonds is 1. The van der Waals surface area contributed by atoms with Gasteiger partial charge in [0.05, 0.1) is 12.0 Å². The number of aromatic nitrogens is 1. The van der Waals surface area contributed by atoms with Crippen molar-refractivity contribution in [2.75, 3.05) is 0 Å². The van der Waals surface area contributed by atoms with Gasteiger partial charge in [-0.15, -0.1) is 0 Å². The molecule has 0 amide bonds. The van der Waals surface area contributed by atoms with Gasteiger partial charge in [-0.05, 0) is 17.9 Å². The van der Waals surface area contributed by atoms with Crippen molar-refractivity contribution in [3.63, 3.8) is 0 Å². The number of fused-ring (bicyclic) bond motifs is 1. The maximum Gasteiger partial charge on any atom is 0.0705 e. The molecule has 1 heterocycles. The fraction of sp³-hybridized carbons (Fsp3) is 0.167. The van der Waals surface area contributed by atoms with E-state index in [1.54, 1.807) is 6.20 Å². The van der Waals surface area contributed by atoms with Gasteiger partial charge in [-0.2, -0.15) is 5.26 Å². The molecule has 0 spiro atoms. The molecule has 2 rings (SSSR count). The number of benzene rings is 1. The molecule has 0 unspecified atom stereocenters. The molecule has 0 saturated heterocycles. The molecule has 2 heteroatoms. The summed E-state index contributed by atoms with van der Waals surface area (Å²) < 4.78 is 0. The molecule has 0 fully saturated rings. The van der Waals surface area contributed by atoms with Crippen LogP contribution in [0.25, 0.3) is 10.8 Å². The third-order valence-corrected chi connectivity index (χ3v) is 2.36. The fourth-order valence-electron chi connectivity index (χ4n) is 1.55. The molecule has 0 aliphatic heterocycles. The molecule has 1 aromatic carbocycles. The van der Waals surface area contributed by atoms with Gasteiger partial charge in [-0.3, -0.25) is 4.98 Å². The first-order valence-electron chi connectivity index (χ1n) is 4.55. The average Bonchev–Trinajstić information content (AvgIpc) is 2.27. The number of nitriles is 1. The highest BCUT2D eigenvalue weighted by molar-refractivity contribution is 5.85. The van der Waals surface area contributed by atoms with E-state index in [4.69, 9.17) is 5.26 Å². The second-order valence-electron chi connectivity index (χ2n) is 3.30. The van der Waals surface area contributed by atoms with E-state index in [0.29, 0.717) is 0 Å². The van der Waals surface area contributed by atoms with Crippen molar-refractivity contribution in [3.05, 3.63) is 42.2 Å². The van der Waals surface area contributed by atoms with Crippen LogP contribution in [0, 0.1) is 11.3 Å². The first-order valence-corrected chi connectivity index (χ1v) is 4.55. The second-order valence-corrected chi connectivity index (χ2v) is 3.30. The third kappa shape index (κ3) is 1.33. The number of hydrogen-bond acceptors (Lipinski definition) is 2. The largest absolute Gasteiger partial charge is 0.264 e. The Morgan fingerprint density at radius 3 is 2.86 bits per heavy atom. The SMILES string of the molecule is C[C@@H](C#N)c1cncc2ccccc12. The Morgan fingerprint density at radius 1 is 1.29 bits per heavy atom. The molecule has 2 aromatic rings. The lowest BCUT2D eigenvalue weighted by atomic mass is 9.99. The van der Waals surface area contributed by atoms with Crippen molar-refractivity contribution in [3.8, 4) is 6.07 Å². The van der Waals surface area contributed by atoms with Crippen molar-refractivity contribution >= 4 is 10.8 Å². The van der Waals surface area contributed by atoms with E-state index in [1.807, 2.05) is 37.4 Å². The van der Waals surface area contributed by atoms with Crippen molar-refractivity contribution in [2.24, 2.45) is 0 Å². The average molecular weight is 182 g/mol. The van der Waals surface area contributed by atoms with Crippen LogP contribution < -0.4 is 0 Å². The highest BCUT2D eigenvalue weighted by atomic mass is 14.6. The zero-order valence-corrected chi connectivity index (χ0v) is 7.94. The summed E-state index contributed by atoms with van der Waals surface area (Å²) >= 11 is 0. The van der Waals surface area contributed by atoms with Crippen LogP contribution in [0.4, 0.5) is 0 Å². The standard InChI is InChI=1S/C12H10N2/c1-9(6-13)12-8-14-7-10-4-2-3-5-11(10)12/h2-5,7-9H,1H3/t9-/m0/s1. The Kier molecular flexibility index (Phi) is 2.16. The molecule has 1 atom stereocenters. The Balaban J connectivity index is 2.72. The molecular weight excluding hydrogens is 172 g/mol. The maximum atomic E-state index is 8.87. The van der Waals surface area contributed by atoms with Crippen LogP contribution in [0.3, 0.4) is 0 Å². The van der Waals surface area contributed by atoms with Crippen LogP contribution >= 0.6 is 0 Å². The van der Waals surface area contributed by atoms with E-state index in [9.17, 15) is 0 Å². The van der Waals surface area contributed by atoms with E-state index < -0.39 is 0 Å². The van der Waals surface area contributed by atoms with Crippen LogP contribution in [0.2, 0.25) is 0 Å². The molecular formula is C12H10N2. The van der Waals surface area contributed by atoms with Crippen molar-refractivity contribution in [1.29, 1.82) is 5.26 Å². The van der Waals surface area contributed by atoms with Gasteiger partial charge in [0.15, 0.2) is 0 Å². The quantitative estimate of drug-likeness (QED) is 0.680.